The molecule has 1 aromatic rings. The van der Waals surface area contributed by atoms with E-state index in [0.29, 0.717) is 22.5 Å². The van der Waals surface area contributed by atoms with Crippen molar-refractivity contribution in [1.29, 1.82) is 0 Å². The molecule has 0 aromatic heterocycles. The normalized spacial score (nSPS) is 15.1. The van der Waals surface area contributed by atoms with E-state index in [1.165, 1.54) is 6.42 Å². The first-order valence-electron chi connectivity index (χ1n) is 6.45. The summed E-state index contributed by atoms with van der Waals surface area (Å²) in [5, 5.41) is 0.566. The Morgan fingerprint density at radius 1 is 1.42 bits per heavy atom. The van der Waals surface area contributed by atoms with Gasteiger partial charge in [0.05, 0.1) is 5.02 Å². The van der Waals surface area contributed by atoms with Crippen LogP contribution < -0.4 is 0 Å². The molecule has 0 N–H and O–H groups in total. The van der Waals surface area contributed by atoms with Gasteiger partial charge in [0.1, 0.15) is 0 Å². The molecule has 1 aromatic carbocycles. The van der Waals surface area contributed by atoms with Crippen molar-refractivity contribution in [3.05, 3.63) is 33.3 Å². The number of hydrogen-bond acceptors (Lipinski definition) is 1. The molecule has 0 saturated heterocycles. The Hall–Kier alpha value is -0.250. The highest BCUT2D eigenvalue weighted by atomic mass is 79.9. The molecular weight excluding hydrogens is 349 g/mol. The topological polar surface area (TPSA) is 20.3 Å². The number of carbonyl (C=O) groups is 1. The van der Waals surface area contributed by atoms with E-state index in [2.05, 4.69) is 15.9 Å². The highest BCUT2D eigenvalue weighted by molar-refractivity contribution is 9.10. The summed E-state index contributed by atoms with van der Waals surface area (Å²) in [4.78, 5) is 14.5. The second kappa shape index (κ2) is 6.96. The standard InChI is InChI=1S/C14H16BrCl2NO/c15-12-6-5-10(9-13(12)17)14(19)18(8-2-7-16)11-3-1-4-11/h5-6,9,11H,1-4,7-8H2. The molecule has 5 heteroatoms. The van der Waals surface area contributed by atoms with E-state index >= 15 is 0 Å². The van der Waals surface area contributed by atoms with Crippen LogP contribution in [0, 0.1) is 0 Å². The Kier molecular flexibility index (Phi) is 5.55. The van der Waals surface area contributed by atoms with Crippen LogP contribution in [-0.2, 0) is 0 Å². The minimum Gasteiger partial charge on any atom is -0.336 e. The van der Waals surface area contributed by atoms with E-state index in [0.717, 1.165) is 30.3 Å². The molecule has 1 amide bonds. The van der Waals surface area contributed by atoms with E-state index in [1.54, 1.807) is 6.07 Å². The van der Waals surface area contributed by atoms with Crippen LogP contribution in [0.4, 0.5) is 0 Å². The van der Waals surface area contributed by atoms with Crippen molar-refractivity contribution >= 4 is 45.0 Å². The SMILES string of the molecule is O=C(c1ccc(Br)c(Cl)c1)N(CCCCl)C1CCC1. The van der Waals surface area contributed by atoms with Gasteiger partial charge in [-0.2, -0.15) is 0 Å². The van der Waals surface area contributed by atoms with Crippen LogP contribution in [0.15, 0.2) is 22.7 Å². The van der Waals surface area contributed by atoms with Crippen molar-refractivity contribution in [1.82, 2.24) is 4.90 Å². The maximum Gasteiger partial charge on any atom is 0.254 e. The average molecular weight is 365 g/mol. The summed E-state index contributed by atoms with van der Waals surface area (Å²) in [5.74, 6) is 0.640. The molecule has 1 fully saturated rings. The molecule has 0 radical (unpaired) electrons. The zero-order chi connectivity index (χ0) is 13.8. The summed E-state index contributed by atoms with van der Waals surface area (Å²) in [6.07, 6.45) is 4.22. The summed E-state index contributed by atoms with van der Waals surface area (Å²) in [7, 11) is 0. The molecule has 19 heavy (non-hydrogen) atoms. The maximum absolute atomic E-state index is 12.6. The van der Waals surface area contributed by atoms with Gasteiger partial charge in [-0.3, -0.25) is 4.79 Å². The van der Waals surface area contributed by atoms with Gasteiger partial charge in [0.15, 0.2) is 0 Å². The summed E-state index contributed by atoms with van der Waals surface area (Å²) in [6, 6.07) is 5.72. The first kappa shape index (κ1) is 15.1. The lowest BCUT2D eigenvalue weighted by Crippen LogP contribution is -2.44. The first-order chi connectivity index (χ1) is 9.13. The van der Waals surface area contributed by atoms with Gasteiger partial charge in [-0.25, -0.2) is 0 Å². The lowest BCUT2D eigenvalue weighted by Gasteiger charge is -2.37. The number of alkyl halides is 1. The lowest BCUT2D eigenvalue weighted by atomic mass is 9.91. The number of halogens is 3. The molecule has 2 rings (SSSR count). The lowest BCUT2D eigenvalue weighted by molar-refractivity contribution is 0.0581. The first-order valence-corrected chi connectivity index (χ1v) is 8.16. The number of amides is 1. The predicted octanol–water partition coefficient (Wildman–Crippen LogP) is 4.73. The fourth-order valence-corrected chi connectivity index (χ4v) is 2.72. The van der Waals surface area contributed by atoms with E-state index < -0.39 is 0 Å². The smallest absolute Gasteiger partial charge is 0.254 e. The minimum absolute atomic E-state index is 0.0595. The van der Waals surface area contributed by atoms with Crippen LogP contribution in [0.2, 0.25) is 5.02 Å². The molecule has 1 saturated carbocycles. The Morgan fingerprint density at radius 2 is 2.16 bits per heavy atom. The van der Waals surface area contributed by atoms with Gasteiger partial charge < -0.3 is 4.90 Å². The van der Waals surface area contributed by atoms with Crippen molar-refractivity contribution in [2.24, 2.45) is 0 Å². The third-order valence-electron chi connectivity index (χ3n) is 3.48. The van der Waals surface area contributed by atoms with Crippen LogP contribution in [0.5, 0.6) is 0 Å². The Bertz CT molecular complexity index is 463. The second-order valence-electron chi connectivity index (χ2n) is 4.75. The second-order valence-corrected chi connectivity index (χ2v) is 6.39. The van der Waals surface area contributed by atoms with Gasteiger partial charge in [-0.15, -0.1) is 11.6 Å². The molecule has 1 aliphatic rings. The zero-order valence-electron chi connectivity index (χ0n) is 10.5. The summed E-state index contributed by atoms with van der Waals surface area (Å²) < 4.78 is 0.807. The third-order valence-corrected chi connectivity index (χ3v) is 4.98. The highest BCUT2D eigenvalue weighted by Gasteiger charge is 2.29. The Morgan fingerprint density at radius 3 is 2.68 bits per heavy atom. The van der Waals surface area contributed by atoms with E-state index in [1.807, 2.05) is 17.0 Å². The summed E-state index contributed by atoms with van der Waals surface area (Å²) in [6.45, 7) is 0.723. The van der Waals surface area contributed by atoms with Crippen molar-refractivity contribution in [2.75, 3.05) is 12.4 Å². The highest BCUT2D eigenvalue weighted by Crippen LogP contribution is 2.28. The van der Waals surface area contributed by atoms with E-state index in [-0.39, 0.29) is 5.91 Å². The van der Waals surface area contributed by atoms with Gasteiger partial charge in [0, 0.05) is 28.5 Å². The third kappa shape index (κ3) is 3.65. The van der Waals surface area contributed by atoms with E-state index in [9.17, 15) is 4.79 Å². The molecule has 2 nitrogen and oxygen atoms in total. The van der Waals surface area contributed by atoms with Gasteiger partial charge >= 0.3 is 0 Å². The molecule has 0 aliphatic heterocycles. The molecule has 104 valence electrons. The minimum atomic E-state index is 0.0595. The number of hydrogen-bond donors (Lipinski definition) is 0. The largest absolute Gasteiger partial charge is 0.336 e. The number of nitrogens with zero attached hydrogens (tertiary/aromatic N) is 1. The Labute approximate surface area is 132 Å². The fourth-order valence-electron chi connectivity index (χ4n) is 2.17. The Balaban J connectivity index is 2.15. The van der Waals surface area contributed by atoms with Crippen LogP contribution in [-0.4, -0.2) is 29.3 Å². The average Bonchev–Trinajstić information content (AvgIpc) is 2.34. The summed E-state index contributed by atoms with van der Waals surface area (Å²) in [5.41, 5.74) is 0.648. The van der Waals surface area contributed by atoms with E-state index in [4.69, 9.17) is 23.2 Å². The van der Waals surface area contributed by atoms with Gasteiger partial charge in [0.25, 0.3) is 5.91 Å². The molecular formula is C14H16BrCl2NO. The molecule has 0 unspecified atom stereocenters. The summed E-state index contributed by atoms with van der Waals surface area (Å²) >= 11 is 15.1. The molecule has 1 aliphatic carbocycles. The van der Waals surface area contributed by atoms with Crippen LogP contribution in [0.1, 0.15) is 36.0 Å². The molecule has 0 spiro atoms. The van der Waals surface area contributed by atoms with Crippen LogP contribution in [0.3, 0.4) is 0 Å². The maximum atomic E-state index is 12.6. The van der Waals surface area contributed by atoms with Crippen molar-refractivity contribution < 1.29 is 4.79 Å². The predicted molar refractivity (Wildman–Crippen MR) is 83.2 cm³/mol. The quantitative estimate of drug-likeness (QED) is 0.692. The van der Waals surface area contributed by atoms with Crippen LogP contribution >= 0.6 is 39.1 Å². The monoisotopic (exact) mass is 363 g/mol. The number of rotatable bonds is 5. The number of benzene rings is 1. The van der Waals surface area contributed by atoms with Gasteiger partial charge in [-0.05, 0) is 59.8 Å². The zero-order valence-corrected chi connectivity index (χ0v) is 13.6. The van der Waals surface area contributed by atoms with Crippen molar-refractivity contribution in [3.63, 3.8) is 0 Å². The molecule has 0 bridgehead atoms. The molecule has 0 atom stereocenters. The molecule has 0 heterocycles. The van der Waals surface area contributed by atoms with Gasteiger partial charge in [-0.1, -0.05) is 11.6 Å². The van der Waals surface area contributed by atoms with Crippen molar-refractivity contribution in [3.8, 4) is 0 Å². The van der Waals surface area contributed by atoms with Gasteiger partial charge in [0.2, 0.25) is 0 Å². The fraction of sp³-hybridized carbons (Fsp3) is 0.500. The van der Waals surface area contributed by atoms with Crippen molar-refractivity contribution in [2.45, 2.75) is 31.7 Å². The van der Waals surface area contributed by atoms with Crippen LogP contribution in [0.25, 0.3) is 0 Å². The number of carbonyl (C=O) groups excluding carboxylic acids is 1.